The monoisotopic (exact) mass is 386 g/mol. The van der Waals surface area contributed by atoms with Crippen LogP contribution in [-0.4, -0.2) is 10.2 Å². The van der Waals surface area contributed by atoms with Crippen LogP contribution in [-0.2, 0) is 23.9 Å². The van der Waals surface area contributed by atoms with Gasteiger partial charge >= 0.3 is 0 Å². The summed E-state index contributed by atoms with van der Waals surface area (Å²) in [5, 5.41) is 21.4. The first-order valence-corrected chi connectivity index (χ1v) is 10.7. The second-order valence-corrected chi connectivity index (χ2v) is 10.2. The molecule has 0 fully saturated rings. The van der Waals surface area contributed by atoms with Crippen molar-refractivity contribution in [3.05, 3.63) is 46.3 Å². The molecular formula is C24H34O4. The molecule has 0 bridgehead atoms. The molecule has 2 aliphatic rings. The normalized spacial score (nSPS) is 27.7. The molecule has 0 spiro atoms. The molecule has 0 saturated carbocycles. The summed E-state index contributed by atoms with van der Waals surface area (Å²) in [5.41, 5.74) is 0.911. The minimum Gasteiger partial charge on any atom is -0.465 e. The molecular weight excluding hydrogens is 352 g/mol. The maximum absolute atomic E-state index is 11.1. The lowest BCUT2D eigenvalue weighted by molar-refractivity contribution is 0.0118. The van der Waals surface area contributed by atoms with Gasteiger partial charge in [0.1, 0.15) is 23.0 Å². The van der Waals surface area contributed by atoms with Gasteiger partial charge in [-0.25, -0.2) is 0 Å². The fourth-order valence-electron chi connectivity index (χ4n) is 5.18. The van der Waals surface area contributed by atoms with Crippen LogP contribution in [0.4, 0.5) is 0 Å². The molecule has 3 unspecified atom stereocenters. The highest BCUT2D eigenvalue weighted by molar-refractivity contribution is 5.33. The predicted octanol–water partition coefficient (Wildman–Crippen LogP) is 5.50. The highest BCUT2D eigenvalue weighted by Gasteiger charge is 2.41. The first-order valence-electron chi connectivity index (χ1n) is 10.7. The van der Waals surface area contributed by atoms with Crippen molar-refractivity contribution in [3.63, 3.8) is 0 Å². The molecule has 4 rings (SSSR count). The molecule has 28 heavy (non-hydrogen) atoms. The van der Waals surface area contributed by atoms with Crippen LogP contribution in [0, 0.1) is 5.92 Å². The third-order valence-electron chi connectivity index (χ3n) is 6.69. The Balaban J connectivity index is 1.57. The minimum absolute atomic E-state index is 0.164. The van der Waals surface area contributed by atoms with Gasteiger partial charge in [0.2, 0.25) is 0 Å². The standard InChI is InChI=1S/C24H34O4/c1-14(2)20-11-17-21(27-20)9-15(13-24(17,5)26)12-23(3,4)22-10-16-18(25)7-6-8-19(16)28-22/h10-11,14-15,18,25-26H,6-9,12-13H2,1-5H3. The summed E-state index contributed by atoms with van der Waals surface area (Å²) in [6.45, 7) is 10.6. The van der Waals surface area contributed by atoms with Gasteiger partial charge < -0.3 is 19.0 Å². The van der Waals surface area contributed by atoms with E-state index in [0.717, 1.165) is 72.7 Å². The van der Waals surface area contributed by atoms with Crippen LogP contribution in [0.1, 0.15) is 106 Å². The molecule has 2 aromatic rings. The number of aliphatic hydroxyl groups excluding tert-OH is 1. The van der Waals surface area contributed by atoms with Crippen molar-refractivity contribution in [2.24, 2.45) is 5.92 Å². The topological polar surface area (TPSA) is 66.7 Å². The van der Waals surface area contributed by atoms with E-state index in [1.807, 2.05) is 13.0 Å². The van der Waals surface area contributed by atoms with Crippen LogP contribution < -0.4 is 0 Å². The van der Waals surface area contributed by atoms with Crippen molar-refractivity contribution >= 4 is 0 Å². The minimum atomic E-state index is -0.858. The average Bonchev–Trinajstić information content (AvgIpc) is 3.19. The van der Waals surface area contributed by atoms with Crippen molar-refractivity contribution < 1.29 is 19.0 Å². The summed E-state index contributed by atoms with van der Waals surface area (Å²) in [6, 6.07) is 4.11. The van der Waals surface area contributed by atoms with Crippen LogP contribution >= 0.6 is 0 Å². The number of fused-ring (bicyclic) bond motifs is 2. The van der Waals surface area contributed by atoms with Crippen LogP contribution in [0.15, 0.2) is 21.0 Å². The molecule has 2 N–H and O–H groups in total. The van der Waals surface area contributed by atoms with E-state index in [4.69, 9.17) is 8.83 Å². The van der Waals surface area contributed by atoms with Gasteiger partial charge in [-0.3, -0.25) is 0 Å². The highest BCUT2D eigenvalue weighted by Crippen LogP contribution is 2.46. The first-order chi connectivity index (χ1) is 13.1. The smallest absolute Gasteiger partial charge is 0.110 e. The fourth-order valence-corrected chi connectivity index (χ4v) is 5.18. The molecule has 0 aromatic carbocycles. The number of hydrogen-bond donors (Lipinski definition) is 2. The Kier molecular flexibility index (Phi) is 4.79. The first kappa shape index (κ1) is 19.8. The van der Waals surface area contributed by atoms with Crippen LogP contribution in [0.25, 0.3) is 0 Å². The Morgan fingerprint density at radius 2 is 1.96 bits per heavy atom. The molecule has 0 aliphatic heterocycles. The summed E-state index contributed by atoms with van der Waals surface area (Å²) >= 11 is 0. The van der Waals surface area contributed by atoms with Gasteiger partial charge in [0.15, 0.2) is 0 Å². The van der Waals surface area contributed by atoms with Crippen molar-refractivity contribution in [1.29, 1.82) is 0 Å². The molecule has 154 valence electrons. The Bertz CT molecular complexity index is 852. The zero-order valence-electron chi connectivity index (χ0n) is 17.8. The molecule has 3 atom stereocenters. The fraction of sp³-hybridized carbons (Fsp3) is 0.667. The SMILES string of the molecule is CC(C)c1cc2c(o1)CC(CC(C)(C)c1cc3c(o1)CCCC3O)CC2(C)O. The number of hydrogen-bond acceptors (Lipinski definition) is 4. The van der Waals surface area contributed by atoms with Crippen LogP contribution in [0.5, 0.6) is 0 Å². The molecule has 0 saturated heterocycles. The Hall–Kier alpha value is -1.52. The van der Waals surface area contributed by atoms with Crippen molar-refractivity contribution in [2.45, 2.75) is 96.2 Å². The van der Waals surface area contributed by atoms with E-state index in [0.29, 0.717) is 11.8 Å². The molecule has 4 nitrogen and oxygen atoms in total. The Morgan fingerprint density at radius 3 is 2.64 bits per heavy atom. The van der Waals surface area contributed by atoms with E-state index in [9.17, 15) is 10.2 Å². The van der Waals surface area contributed by atoms with E-state index in [1.54, 1.807) is 0 Å². The van der Waals surface area contributed by atoms with E-state index < -0.39 is 11.7 Å². The molecule has 2 aliphatic carbocycles. The van der Waals surface area contributed by atoms with Crippen molar-refractivity contribution in [1.82, 2.24) is 0 Å². The summed E-state index contributed by atoms with van der Waals surface area (Å²) in [5.74, 6) is 4.43. The second kappa shape index (κ2) is 6.77. The summed E-state index contributed by atoms with van der Waals surface area (Å²) in [4.78, 5) is 0. The molecule has 0 radical (unpaired) electrons. The number of furan rings is 2. The average molecular weight is 387 g/mol. The lowest BCUT2D eigenvalue weighted by atomic mass is 9.71. The predicted molar refractivity (Wildman–Crippen MR) is 108 cm³/mol. The lowest BCUT2D eigenvalue weighted by Gasteiger charge is -2.36. The largest absolute Gasteiger partial charge is 0.465 e. The lowest BCUT2D eigenvalue weighted by Crippen LogP contribution is -2.34. The van der Waals surface area contributed by atoms with Gasteiger partial charge in [0.25, 0.3) is 0 Å². The van der Waals surface area contributed by atoms with E-state index in [2.05, 4.69) is 33.8 Å². The van der Waals surface area contributed by atoms with Crippen molar-refractivity contribution in [2.75, 3.05) is 0 Å². The summed E-state index contributed by atoms with van der Waals surface area (Å²) in [7, 11) is 0. The molecule has 4 heteroatoms. The molecule has 0 amide bonds. The van der Waals surface area contributed by atoms with Gasteiger partial charge in [-0.1, -0.05) is 27.7 Å². The Labute approximate surface area is 167 Å². The number of aliphatic hydroxyl groups is 2. The molecule has 2 heterocycles. The zero-order valence-corrected chi connectivity index (χ0v) is 17.8. The number of rotatable bonds is 4. The van der Waals surface area contributed by atoms with Crippen LogP contribution in [0.3, 0.4) is 0 Å². The third kappa shape index (κ3) is 3.46. The van der Waals surface area contributed by atoms with E-state index in [-0.39, 0.29) is 5.41 Å². The van der Waals surface area contributed by atoms with Gasteiger partial charge in [-0.2, -0.15) is 0 Å². The second-order valence-electron chi connectivity index (χ2n) is 10.2. The maximum Gasteiger partial charge on any atom is 0.110 e. The van der Waals surface area contributed by atoms with Gasteiger partial charge in [0, 0.05) is 35.3 Å². The number of aryl methyl sites for hydroxylation is 1. The molecule has 2 aromatic heterocycles. The quantitative estimate of drug-likeness (QED) is 0.728. The van der Waals surface area contributed by atoms with Gasteiger partial charge in [-0.15, -0.1) is 0 Å². The van der Waals surface area contributed by atoms with Crippen LogP contribution in [0.2, 0.25) is 0 Å². The third-order valence-corrected chi connectivity index (χ3v) is 6.69. The summed E-state index contributed by atoms with van der Waals surface area (Å²) < 4.78 is 12.3. The van der Waals surface area contributed by atoms with Gasteiger partial charge in [0.05, 0.1) is 11.7 Å². The van der Waals surface area contributed by atoms with E-state index >= 15 is 0 Å². The maximum atomic E-state index is 11.1. The zero-order chi connectivity index (χ0) is 20.3. The van der Waals surface area contributed by atoms with Crippen molar-refractivity contribution in [3.8, 4) is 0 Å². The highest BCUT2D eigenvalue weighted by atomic mass is 16.4. The van der Waals surface area contributed by atoms with Gasteiger partial charge in [-0.05, 0) is 50.7 Å². The summed E-state index contributed by atoms with van der Waals surface area (Å²) in [6.07, 6.45) is 4.79. The van der Waals surface area contributed by atoms with E-state index in [1.165, 1.54) is 0 Å². The Morgan fingerprint density at radius 1 is 1.21 bits per heavy atom.